The molecule has 17 heavy (non-hydrogen) atoms. The van der Waals surface area contributed by atoms with Crippen LogP contribution in [0, 0.1) is 5.41 Å². The van der Waals surface area contributed by atoms with Gasteiger partial charge in [0.25, 0.3) is 0 Å². The fourth-order valence-electron chi connectivity index (χ4n) is 3.30. The summed E-state index contributed by atoms with van der Waals surface area (Å²) in [6.07, 6.45) is 2.73. The van der Waals surface area contributed by atoms with Crippen molar-refractivity contribution in [3.05, 3.63) is 35.9 Å². The van der Waals surface area contributed by atoms with Gasteiger partial charge in [-0.3, -0.25) is 4.90 Å². The molecule has 1 aromatic carbocycles. The Hall–Kier alpha value is -0.860. The van der Waals surface area contributed by atoms with E-state index < -0.39 is 0 Å². The summed E-state index contributed by atoms with van der Waals surface area (Å²) in [5.74, 6) is 0. The van der Waals surface area contributed by atoms with Crippen molar-refractivity contribution in [2.24, 2.45) is 5.41 Å². The highest BCUT2D eigenvalue weighted by atomic mass is 15.2. The third kappa shape index (κ3) is 2.12. The number of likely N-dealkylation sites (tertiary alicyclic amines) is 1. The molecule has 0 bridgehead atoms. The van der Waals surface area contributed by atoms with Crippen LogP contribution >= 0.6 is 0 Å². The van der Waals surface area contributed by atoms with Crippen molar-refractivity contribution < 1.29 is 0 Å². The zero-order chi connectivity index (χ0) is 11.7. The lowest BCUT2D eigenvalue weighted by molar-refractivity contribution is -0.0472. The predicted molar refractivity (Wildman–Crippen MR) is 71.0 cm³/mol. The maximum atomic E-state index is 3.47. The van der Waals surface area contributed by atoms with Gasteiger partial charge in [0, 0.05) is 19.1 Å². The van der Waals surface area contributed by atoms with E-state index in [1.165, 1.54) is 44.6 Å². The van der Waals surface area contributed by atoms with Crippen molar-refractivity contribution in [2.75, 3.05) is 26.2 Å². The Bertz CT molecular complexity index is 360. The minimum atomic E-state index is 0.580. The number of piperidine rings is 1. The molecular formula is C15H22N2. The predicted octanol–water partition coefficient (Wildman–Crippen LogP) is 2.43. The first-order chi connectivity index (χ1) is 8.29. The first kappa shape index (κ1) is 11.2. The van der Waals surface area contributed by atoms with Gasteiger partial charge in [0.05, 0.1) is 0 Å². The van der Waals surface area contributed by atoms with E-state index >= 15 is 0 Å². The zero-order valence-electron chi connectivity index (χ0n) is 10.7. The first-order valence-electron chi connectivity index (χ1n) is 6.79. The topological polar surface area (TPSA) is 15.3 Å². The first-order valence-corrected chi connectivity index (χ1v) is 6.79. The lowest BCUT2D eigenvalue weighted by Crippen LogP contribution is -2.60. The molecule has 2 aliphatic heterocycles. The van der Waals surface area contributed by atoms with E-state index in [0.29, 0.717) is 11.5 Å². The van der Waals surface area contributed by atoms with Crippen LogP contribution in [0.15, 0.2) is 30.3 Å². The molecule has 92 valence electrons. The standard InChI is InChI=1S/C15H22N2/c1-13(14-5-3-2-4-6-14)17-11-15(12-17)7-9-16-10-8-15/h2-6,13,16H,7-12H2,1H3. The molecule has 0 aliphatic carbocycles. The number of hydrogen-bond acceptors (Lipinski definition) is 2. The van der Waals surface area contributed by atoms with Crippen LogP contribution in [0.5, 0.6) is 0 Å². The second kappa shape index (κ2) is 4.43. The van der Waals surface area contributed by atoms with Crippen LogP contribution < -0.4 is 5.32 Å². The Morgan fingerprint density at radius 3 is 2.41 bits per heavy atom. The molecule has 0 radical (unpaired) electrons. The summed E-state index contributed by atoms with van der Waals surface area (Å²) < 4.78 is 0. The maximum absolute atomic E-state index is 3.47. The molecule has 0 aromatic heterocycles. The van der Waals surface area contributed by atoms with E-state index in [4.69, 9.17) is 0 Å². The van der Waals surface area contributed by atoms with Crippen LogP contribution in [-0.2, 0) is 0 Å². The molecule has 1 atom stereocenters. The highest BCUT2D eigenvalue weighted by molar-refractivity contribution is 5.19. The minimum absolute atomic E-state index is 0.580. The molecule has 2 heteroatoms. The molecule has 1 N–H and O–H groups in total. The largest absolute Gasteiger partial charge is 0.317 e. The second-order valence-corrected chi connectivity index (χ2v) is 5.74. The average molecular weight is 230 g/mol. The number of benzene rings is 1. The van der Waals surface area contributed by atoms with Crippen molar-refractivity contribution in [2.45, 2.75) is 25.8 Å². The molecule has 1 spiro atoms. The van der Waals surface area contributed by atoms with Crippen LogP contribution in [0.4, 0.5) is 0 Å². The normalized spacial score (nSPS) is 25.5. The SMILES string of the molecule is CC(c1ccccc1)N1CC2(CCNCC2)C1. The number of hydrogen-bond donors (Lipinski definition) is 1. The maximum Gasteiger partial charge on any atom is 0.0320 e. The summed E-state index contributed by atoms with van der Waals surface area (Å²) >= 11 is 0. The van der Waals surface area contributed by atoms with E-state index in [-0.39, 0.29) is 0 Å². The van der Waals surface area contributed by atoms with E-state index in [1.54, 1.807) is 0 Å². The van der Waals surface area contributed by atoms with E-state index in [2.05, 4.69) is 47.5 Å². The van der Waals surface area contributed by atoms with E-state index in [9.17, 15) is 0 Å². The van der Waals surface area contributed by atoms with Gasteiger partial charge in [-0.15, -0.1) is 0 Å². The Labute approximate surface area is 104 Å². The Balaban J connectivity index is 1.61. The summed E-state index contributed by atoms with van der Waals surface area (Å²) in [7, 11) is 0. The fourth-order valence-corrected chi connectivity index (χ4v) is 3.30. The quantitative estimate of drug-likeness (QED) is 0.839. The number of nitrogens with one attached hydrogen (secondary N) is 1. The molecule has 2 fully saturated rings. The van der Waals surface area contributed by atoms with Crippen LogP contribution in [0.1, 0.15) is 31.4 Å². The van der Waals surface area contributed by atoms with Gasteiger partial charge in [0.2, 0.25) is 0 Å². The molecule has 0 amide bonds. The summed E-state index contributed by atoms with van der Waals surface area (Å²) in [5.41, 5.74) is 2.10. The molecule has 2 nitrogen and oxygen atoms in total. The molecule has 3 rings (SSSR count). The summed E-state index contributed by atoms with van der Waals surface area (Å²) in [6.45, 7) is 7.36. The zero-order valence-corrected chi connectivity index (χ0v) is 10.7. The molecule has 2 aliphatic rings. The van der Waals surface area contributed by atoms with Gasteiger partial charge in [0.1, 0.15) is 0 Å². The average Bonchev–Trinajstić information content (AvgIpc) is 2.37. The number of nitrogens with zero attached hydrogens (tertiary/aromatic N) is 1. The summed E-state index contributed by atoms with van der Waals surface area (Å²) in [4.78, 5) is 2.63. The molecule has 2 saturated heterocycles. The van der Waals surface area contributed by atoms with Crippen LogP contribution in [-0.4, -0.2) is 31.1 Å². The van der Waals surface area contributed by atoms with Crippen LogP contribution in [0.3, 0.4) is 0 Å². The van der Waals surface area contributed by atoms with Gasteiger partial charge >= 0.3 is 0 Å². The van der Waals surface area contributed by atoms with Crippen molar-refractivity contribution in [1.82, 2.24) is 10.2 Å². The van der Waals surface area contributed by atoms with Crippen molar-refractivity contribution in [3.63, 3.8) is 0 Å². The van der Waals surface area contributed by atoms with Gasteiger partial charge in [-0.05, 0) is 43.8 Å². The van der Waals surface area contributed by atoms with Crippen molar-refractivity contribution in [1.29, 1.82) is 0 Å². The lowest BCUT2D eigenvalue weighted by Gasteiger charge is -2.55. The summed E-state index contributed by atoms with van der Waals surface area (Å²) in [6, 6.07) is 11.5. The van der Waals surface area contributed by atoms with Gasteiger partial charge in [-0.1, -0.05) is 30.3 Å². The van der Waals surface area contributed by atoms with Crippen molar-refractivity contribution >= 4 is 0 Å². The monoisotopic (exact) mass is 230 g/mol. The van der Waals surface area contributed by atoms with Crippen LogP contribution in [0.25, 0.3) is 0 Å². The molecular weight excluding hydrogens is 208 g/mol. The fraction of sp³-hybridized carbons (Fsp3) is 0.600. The Morgan fingerprint density at radius 2 is 1.76 bits per heavy atom. The van der Waals surface area contributed by atoms with Gasteiger partial charge in [-0.2, -0.15) is 0 Å². The van der Waals surface area contributed by atoms with Crippen molar-refractivity contribution in [3.8, 4) is 0 Å². The smallest absolute Gasteiger partial charge is 0.0320 e. The summed E-state index contributed by atoms with van der Waals surface area (Å²) in [5, 5.41) is 3.47. The van der Waals surface area contributed by atoms with Gasteiger partial charge in [-0.25, -0.2) is 0 Å². The Kier molecular flexibility index (Phi) is 2.93. The molecule has 2 heterocycles. The van der Waals surface area contributed by atoms with Gasteiger partial charge < -0.3 is 5.32 Å². The third-order valence-electron chi connectivity index (χ3n) is 4.57. The lowest BCUT2D eigenvalue weighted by atomic mass is 9.71. The number of rotatable bonds is 2. The van der Waals surface area contributed by atoms with Gasteiger partial charge in [0.15, 0.2) is 0 Å². The second-order valence-electron chi connectivity index (χ2n) is 5.74. The molecule has 0 saturated carbocycles. The Morgan fingerprint density at radius 1 is 1.12 bits per heavy atom. The highest BCUT2D eigenvalue weighted by Gasteiger charge is 2.44. The third-order valence-corrected chi connectivity index (χ3v) is 4.57. The molecule has 1 unspecified atom stereocenters. The highest BCUT2D eigenvalue weighted by Crippen LogP contribution is 2.42. The minimum Gasteiger partial charge on any atom is -0.317 e. The van der Waals surface area contributed by atoms with E-state index in [0.717, 1.165) is 0 Å². The van der Waals surface area contributed by atoms with Crippen LogP contribution in [0.2, 0.25) is 0 Å². The van der Waals surface area contributed by atoms with E-state index in [1.807, 2.05) is 0 Å². The molecule has 1 aromatic rings.